The molecule has 1 aromatic heterocycles. The summed E-state index contributed by atoms with van der Waals surface area (Å²) in [6.07, 6.45) is 1.92. The van der Waals surface area contributed by atoms with Gasteiger partial charge in [-0.3, -0.25) is 9.59 Å². The average Bonchev–Trinajstić information content (AvgIpc) is 2.97. The molecule has 25 heavy (non-hydrogen) atoms. The number of anilines is 2. The van der Waals surface area contributed by atoms with Gasteiger partial charge in [-0.25, -0.2) is 0 Å². The Bertz CT molecular complexity index is 931. The number of methoxy groups -OCH3 is 1. The number of carbonyl (C=O) groups excluding carboxylic acids is 2. The van der Waals surface area contributed by atoms with Crippen molar-refractivity contribution in [1.82, 2.24) is 4.57 Å². The Morgan fingerprint density at radius 3 is 2.52 bits per heavy atom. The highest BCUT2D eigenvalue weighted by Gasteiger charge is 2.12. The number of hydrogen-bond donors (Lipinski definition) is 2. The van der Waals surface area contributed by atoms with E-state index in [9.17, 15) is 9.59 Å². The Hall–Kier alpha value is -3.12. The summed E-state index contributed by atoms with van der Waals surface area (Å²) in [5, 5.41) is 6.48. The fourth-order valence-electron chi connectivity index (χ4n) is 2.70. The summed E-state index contributed by atoms with van der Waals surface area (Å²) in [5.41, 5.74) is 2.80. The van der Waals surface area contributed by atoms with Gasteiger partial charge in [-0.2, -0.15) is 0 Å². The molecule has 0 aliphatic heterocycles. The number of aromatic nitrogens is 1. The van der Waals surface area contributed by atoms with Crippen molar-refractivity contribution in [3.05, 3.63) is 60.3 Å². The second kappa shape index (κ2) is 7.19. The minimum Gasteiger partial charge on any atom is -0.375 e. The van der Waals surface area contributed by atoms with Gasteiger partial charge in [-0.1, -0.05) is 12.1 Å². The molecule has 0 unspecified atom stereocenters. The van der Waals surface area contributed by atoms with Crippen LogP contribution in [0.15, 0.2) is 54.7 Å². The molecule has 2 amide bonds. The van der Waals surface area contributed by atoms with E-state index in [-0.39, 0.29) is 18.4 Å². The topological polar surface area (TPSA) is 72.4 Å². The molecule has 128 valence electrons. The van der Waals surface area contributed by atoms with Gasteiger partial charge in [0.2, 0.25) is 5.91 Å². The van der Waals surface area contributed by atoms with Crippen molar-refractivity contribution in [1.29, 1.82) is 0 Å². The summed E-state index contributed by atoms with van der Waals surface area (Å²) in [4.78, 5) is 24.2. The second-order valence-electron chi connectivity index (χ2n) is 5.68. The van der Waals surface area contributed by atoms with Crippen molar-refractivity contribution in [2.75, 3.05) is 24.4 Å². The molecule has 1 heterocycles. The van der Waals surface area contributed by atoms with Gasteiger partial charge in [0.1, 0.15) is 6.61 Å². The van der Waals surface area contributed by atoms with E-state index < -0.39 is 0 Å². The summed E-state index contributed by atoms with van der Waals surface area (Å²) in [6.45, 7) is -0.0212. The van der Waals surface area contributed by atoms with E-state index >= 15 is 0 Å². The highest BCUT2D eigenvalue weighted by Crippen LogP contribution is 2.21. The van der Waals surface area contributed by atoms with Gasteiger partial charge < -0.3 is 19.9 Å². The summed E-state index contributed by atoms with van der Waals surface area (Å²) < 4.78 is 6.76. The average molecular weight is 337 g/mol. The van der Waals surface area contributed by atoms with E-state index in [2.05, 4.69) is 10.6 Å². The van der Waals surface area contributed by atoms with Crippen molar-refractivity contribution < 1.29 is 14.3 Å². The van der Waals surface area contributed by atoms with E-state index in [1.807, 2.05) is 36.0 Å². The zero-order valence-electron chi connectivity index (χ0n) is 14.1. The van der Waals surface area contributed by atoms with Crippen LogP contribution < -0.4 is 10.6 Å². The maximum absolute atomic E-state index is 12.6. The fraction of sp³-hybridized carbons (Fsp3) is 0.158. The van der Waals surface area contributed by atoms with Gasteiger partial charge in [0.05, 0.1) is 0 Å². The molecule has 2 N–H and O–H groups in total. The van der Waals surface area contributed by atoms with E-state index in [0.717, 1.165) is 10.9 Å². The lowest BCUT2D eigenvalue weighted by Gasteiger charge is -2.09. The van der Waals surface area contributed by atoms with Crippen molar-refractivity contribution in [2.45, 2.75) is 0 Å². The van der Waals surface area contributed by atoms with Crippen LogP contribution in [-0.4, -0.2) is 30.1 Å². The van der Waals surface area contributed by atoms with Crippen LogP contribution in [0.2, 0.25) is 0 Å². The maximum Gasteiger partial charge on any atom is 0.256 e. The Balaban J connectivity index is 1.80. The predicted molar refractivity (Wildman–Crippen MR) is 97.8 cm³/mol. The molecule has 0 bridgehead atoms. The predicted octanol–water partition coefficient (Wildman–Crippen LogP) is 3.02. The van der Waals surface area contributed by atoms with E-state index in [4.69, 9.17) is 4.74 Å². The Morgan fingerprint density at radius 1 is 1.04 bits per heavy atom. The first-order valence-corrected chi connectivity index (χ1v) is 7.83. The third-order valence-electron chi connectivity index (χ3n) is 3.85. The van der Waals surface area contributed by atoms with Crippen LogP contribution in [0.5, 0.6) is 0 Å². The number of nitrogens with one attached hydrogen (secondary N) is 2. The molecule has 0 fully saturated rings. The third-order valence-corrected chi connectivity index (χ3v) is 3.85. The number of ether oxygens (including phenoxy) is 1. The molecular weight excluding hydrogens is 318 g/mol. The van der Waals surface area contributed by atoms with Gasteiger partial charge >= 0.3 is 0 Å². The van der Waals surface area contributed by atoms with E-state index in [0.29, 0.717) is 16.9 Å². The Kier molecular flexibility index (Phi) is 4.81. The Morgan fingerprint density at radius 2 is 1.76 bits per heavy atom. The van der Waals surface area contributed by atoms with Crippen LogP contribution in [-0.2, 0) is 16.6 Å². The number of hydrogen-bond acceptors (Lipinski definition) is 3. The van der Waals surface area contributed by atoms with Gasteiger partial charge in [-0.15, -0.1) is 0 Å². The largest absolute Gasteiger partial charge is 0.375 e. The normalized spacial score (nSPS) is 10.6. The molecule has 6 heteroatoms. The molecular formula is C19H19N3O3. The van der Waals surface area contributed by atoms with Crippen LogP contribution >= 0.6 is 0 Å². The molecule has 0 saturated carbocycles. The molecule has 3 aromatic rings. The smallest absolute Gasteiger partial charge is 0.256 e. The van der Waals surface area contributed by atoms with Crippen molar-refractivity contribution in [3.63, 3.8) is 0 Å². The first-order valence-electron chi connectivity index (χ1n) is 7.83. The summed E-state index contributed by atoms with van der Waals surface area (Å²) >= 11 is 0. The minimum atomic E-state index is -0.250. The molecule has 0 saturated heterocycles. The van der Waals surface area contributed by atoms with Crippen LogP contribution in [0, 0.1) is 0 Å². The van der Waals surface area contributed by atoms with E-state index in [1.165, 1.54) is 7.11 Å². The first-order chi connectivity index (χ1) is 12.1. The van der Waals surface area contributed by atoms with Gasteiger partial charge in [0.15, 0.2) is 0 Å². The molecule has 0 aliphatic rings. The SMILES string of the molecule is COCC(=O)Nc1cccc(NC(=O)c2cccc3c2ccn3C)c1. The van der Waals surface area contributed by atoms with Crippen molar-refractivity contribution in [3.8, 4) is 0 Å². The number of nitrogens with zero attached hydrogens (tertiary/aromatic N) is 1. The molecule has 0 radical (unpaired) electrons. The zero-order valence-corrected chi connectivity index (χ0v) is 14.1. The summed E-state index contributed by atoms with van der Waals surface area (Å²) in [5.74, 6) is -0.447. The van der Waals surface area contributed by atoms with Gasteiger partial charge in [0.25, 0.3) is 5.91 Å². The summed E-state index contributed by atoms with van der Waals surface area (Å²) in [7, 11) is 3.40. The number of fused-ring (bicyclic) bond motifs is 1. The number of carbonyl (C=O) groups is 2. The minimum absolute atomic E-state index is 0.0212. The standard InChI is InChI=1S/C19H19N3O3/c1-22-10-9-15-16(7-4-8-17(15)22)19(24)21-14-6-3-5-13(11-14)20-18(23)12-25-2/h3-11H,12H2,1-2H3,(H,20,23)(H,21,24). The van der Waals surface area contributed by atoms with Crippen molar-refractivity contribution in [2.24, 2.45) is 7.05 Å². The lowest BCUT2D eigenvalue weighted by Crippen LogP contribution is -2.17. The third kappa shape index (κ3) is 3.70. The maximum atomic E-state index is 12.6. The van der Waals surface area contributed by atoms with Crippen LogP contribution in [0.4, 0.5) is 11.4 Å². The monoisotopic (exact) mass is 337 g/mol. The lowest BCUT2D eigenvalue weighted by atomic mass is 10.1. The molecule has 0 atom stereocenters. The molecule has 3 rings (SSSR count). The molecule has 0 aliphatic carbocycles. The highest BCUT2D eigenvalue weighted by atomic mass is 16.5. The van der Waals surface area contributed by atoms with Gasteiger partial charge in [-0.05, 0) is 36.4 Å². The quantitative estimate of drug-likeness (QED) is 0.752. The summed E-state index contributed by atoms with van der Waals surface area (Å²) in [6, 6.07) is 14.5. The molecule has 2 aromatic carbocycles. The van der Waals surface area contributed by atoms with Crippen LogP contribution in [0.1, 0.15) is 10.4 Å². The fourth-order valence-corrected chi connectivity index (χ4v) is 2.70. The van der Waals surface area contributed by atoms with E-state index in [1.54, 1.807) is 30.3 Å². The number of aryl methyl sites for hydroxylation is 1. The zero-order chi connectivity index (χ0) is 17.8. The van der Waals surface area contributed by atoms with Crippen LogP contribution in [0.3, 0.4) is 0 Å². The molecule has 6 nitrogen and oxygen atoms in total. The van der Waals surface area contributed by atoms with Crippen molar-refractivity contribution >= 4 is 34.1 Å². The second-order valence-corrected chi connectivity index (χ2v) is 5.68. The number of benzene rings is 2. The highest BCUT2D eigenvalue weighted by molar-refractivity contribution is 6.12. The molecule has 0 spiro atoms. The van der Waals surface area contributed by atoms with Crippen LogP contribution in [0.25, 0.3) is 10.9 Å². The number of rotatable bonds is 5. The Labute approximate surface area is 145 Å². The first kappa shape index (κ1) is 16.7. The lowest BCUT2D eigenvalue weighted by molar-refractivity contribution is -0.119. The van der Waals surface area contributed by atoms with Gasteiger partial charge in [0, 0.05) is 48.2 Å². The number of amides is 2.